The number of rotatable bonds is 7. The molecule has 3 N–H and O–H groups in total. The van der Waals surface area contributed by atoms with E-state index in [9.17, 15) is 18.9 Å². The van der Waals surface area contributed by atoms with Crippen LogP contribution in [-0.2, 0) is 22.6 Å². The highest BCUT2D eigenvalue weighted by Crippen LogP contribution is 2.35. The normalized spacial score (nSPS) is 13.2. The van der Waals surface area contributed by atoms with Crippen LogP contribution in [0.4, 0.5) is 0 Å². The lowest BCUT2D eigenvalue weighted by atomic mass is 10.1. The Balaban J connectivity index is 1.85. The molecule has 31 heavy (non-hydrogen) atoms. The molecule has 1 heterocycles. The lowest BCUT2D eigenvalue weighted by molar-refractivity contribution is -0.133. The number of carboxylic acids is 1. The number of aromatic nitrogens is 1. The summed E-state index contributed by atoms with van der Waals surface area (Å²) >= 11 is 12.6. The van der Waals surface area contributed by atoms with Gasteiger partial charge in [-0.05, 0) is 42.3 Å². The average molecular weight is 483 g/mol. The van der Waals surface area contributed by atoms with Crippen molar-refractivity contribution in [2.75, 3.05) is 12.4 Å². The fourth-order valence-electron chi connectivity index (χ4n) is 3.26. The van der Waals surface area contributed by atoms with Crippen molar-refractivity contribution < 1.29 is 24.0 Å². The van der Waals surface area contributed by atoms with Crippen molar-refractivity contribution in [3.8, 4) is 0 Å². The molecule has 0 spiro atoms. The highest BCUT2D eigenvalue weighted by atomic mass is 35.5. The Morgan fingerprint density at radius 3 is 2.39 bits per heavy atom. The van der Waals surface area contributed by atoms with E-state index in [-0.39, 0.29) is 6.61 Å². The van der Waals surface area contributed by atoms with Gasteiger partial charge in [-0.3, -0.25) is 13.8 Å². The van der Waals surface area contributed by atoms with Crippen LogP contribution in [0.1, 0.15) is 27.7 Å². The highest BCUT2D eigenvalue weighted by Gasteiger charge is 2.21. The van der Waals surface area contributed by atoms with Gasteiger partial charge in [-0.25, -0.2) is 0 Å². The third-order valence-corrected chi connectivity index (χ3v) is 7.21. The Kier molecular flexibility index (Phi) is 7.06. The maximum absolute atomic E-state index is 12.9. The molecule has 7 nitrogen and oxygen atoms in total. The van der Waals surface area contributed by atoms with Crippen LogP contribution in [0.2, 0.25) is 10.0 Å². The van der Waals surface area contributed by atoms with Gasteiger partial charge in [-0.2, -0.15) is 0 Å². The Morgan fingerprint density at radius 2 is 1.81 bits per heavy atom. The zero-order valence-corrected chi connectivity index (χ0v) is 19.0. The highest BCUT2D eigenvalue weighted by molar-refractivity contribution is 7.85. The van der Waals surface area contributed by atoms with Gasteiger partial charge >= 0.3 is 5.97 Å². The van der Waals surface area contributed by atoms with E-state index in [1.54, 1.807) is 29.8 Å². The first kappa shape index (κ1) is 23.3. The number of nitrogens with zero attached hydrogens (tertiary/aromatic N) is 1. The molecule has 10 heteroatoms. The molecule has 2 aromatic carbocycles. The second-order valence-corrected chi connectivity index (χ2v) is 9.21. The van der Waals surface area contributed by atoms with Gasteiger partial charge in [-0.1, -0.05) is 35.3 Å². The number of halogens is 2. The quantitative estimate of drug-likeness (QED) is 0.477. The summed E-state index contributed by atoms with van der Waals surface area (Å²) in [5.74, 6) is -2.07. The van der Waals surface area contributed by atoms with Gasteiger partial charge < -0.3 is 20.1 Å². The maximum Gasteiger partial charge on any atom is 0.316 e. The summed E-state index contributed by atoms with van der Waals surface area (Å²) in [5, 5.41) is 22.8. The number of aliphatic hydroxyl groups excluding tert-OH is 1. The smallest absolute Gasteiger partial charge is 0.316 e. The molecule has 1 amide bonds. The van der Waals surface area contributed by atoms with Crippen LogP contribution in [-0.4, -0.2) is 43.2 Å². The summed E-state index contributed by atoms with van der Waals surface area (Å²) < 4.78 is 13.7. The molecular formula is C21H20Cl2N2O5S. The molecule has 1 aromatic heterocycles. The van der Waals surface area contributed by atoms with Gasteiger partial charge in [0.15, 0.2) is 0 Å². The number of hydrogen-bond donors (Lipinski definition) is 3. The molecule has 0 aliphatic carbocycles. The third kappa shape index (κ3) is 4.77. The number of nitrogens with one attached hydrogen (secondary N) is 1. The molecule has 0 fully saturated rings. The second kappa shape index (κ2) is 9.40. The molecule has 0 saturated heterocycles. The van der Waals surface area contributed by atoms with Crippen LogP contribution in [0.5, 0.6) is 0 Å². The summed E-state index contributed by atoms with van der Waals surface area (Å²) in [5.41, 5.74) is 2.47. The number of amides is 1. The topological polar surface area (TPSA) is 109 Å². The number of carboxylic acid groups (broad SMARTS) is 1. The third-order valence-electron chi connectivity index (χ3n) is 4.93. The fraction of sp³-hybridized carbons (Fsp3) is 0.238. The molecule has 0 aliphatic heterocycles. The molecule has 3 aromatic rings. The largest absolute Gasteiger partial charge is 0.481 e. The van der Waals surface area contributed by atoms with E-state index >= 15 is 0 Å². The lowest BCUT2D eigenvalue weighted by Crippen LogP contribution is -2.32. The SMILES string of the molecule is Cc1cc2c(cc(C(=O)N[C@H](CO)c3ccc([S@@](=O)CC(=O)O)cc3)n2C)c(Cl)c1Cl. The number of benzene rings is 2. The average Bonchev–Trinajstić information content (AvgIpc) is 3.06. The second-order valence-electron chi connectivity index (χ2n) is 7.00. The Labute approximate surface area is 191 Å². The first-order valence-corrected chi connectivity index (χ1v) is 11.3. The number of hydrogen-bond acceptors (Lipinski definition) is 4. The van der Waals surface area contributed by atoms with E-state index < -0.39 is 34.5 Å². The van der Waals surface area contributed by atoms with Gasteiger partial charge in [0.2, 0.25) is 0 Å². The van der Waals surface area contributed by atoms with Crippen molar-refractivity contribution in [2.24, 2.45) is 7.05 Å². The molecule has 0 bridgehead atoms. The van der Waals surface area contributed by atoms with Crippen molar-refractivity contribution in [2.45, 2.75) is 17.9 Å². The molecule has 0 aliphatic rings. The maximum atomic E-state index is 12.9. The van der Waals surface area contributed by atoms with Gasteiger partial charge in [0.1, 0.15) is 11.4 Å². The van der Waals surface area contributed by atoms with Crippen LogP contribution in [0, 0.1) is 6.92 Å². The van der Waals surface area contributed by atoms with Crippen LogP contribution >= 0.6 is 23.2 Å². The van der Waals surface area contributed by atoms with Crippen molar-refractivity contribution in [3.63, 3.8) is 0 Å². The summed E-state index contributed by atoms with van der Waals surface area (Å²) in [7, 11) is 0.0657. The predicted molar refractivity (Wildman–Crippen MR) is 120 cm³/mol. The van der Waals surface area contributed by atoms with E-state index in [1.165, 1.54) is 12.1 Å². The van der Waals surface area contributed by atoms with E-state index in [4.69, 9.17) is 28.3 Å². The van der Waals surface area contributed by atoms with Gasteiger partial charge in [0.05, 0.1) is 39.0 Å². The molecular weight excluding hydrogens is 463 g/mol. The van der Waals surface area contributed by atoms with Crippen LogP contribution in [0.3, 0.4) is 0 Å². The number of carbonyl (C=O) groups excluding carboxylic acids is 1. The van der Waals surface area contributed by atoms with E-state index in [0.717, 1.165) is 11.1 Å². The lowest BCUT2D eigenvalue weighted by Gasteiger charge is -2.17. The minimum absolute atomic E-state index is 0.344. The summed E-state index contributed by atoms with van der Waals surface area (Å²) in [6.07, 6.45) is 0. The van der Waals surface area contributed by atoms with Gasteiger partial charge in [0, 0.05) is 17.3 Å². The molecule has 0 unspecified atom stereocenters. The number of aryl methyl sites for hydroxylation is 2. The Morgan fingerprint density at radius 1 is 1.16 bits per heavy atom. The number of fused-ring (bicyclic) bond motifs is 1. The zero-order chi connectivity index (χ0) is 22.9. The van der Waals surface area contributed by atoms with E-state index in [0.29, 0.717) is 31.6 Å². The van der Waals surface area contributed by atoms with Crippen LogP contribution < -0.4 is 5.32 Å². The molecule has 0 saturated carbocycles. The van der Waals surface area contributed by atoms with Crippen molar-refractivity contribution in [1.82, 2.24) is 9.88 Å². The van der Waals surface area contributed by atoms with Gasteiger partial charge in [0.25, 0.3) is 5.91 Å². The first-order chi connectivity index (χ1) is 14.6. The molecule has 2 atom stereocenters. The fourth-order valence-corrected chi connectivity index (χ4v) is 4.55. The number of aliphatic hydroxyl groups is 1. The predicted octanol–water partition coefficient (Wildman–Crippen LogP) is 3.45. The van der Waals surface area contributed by atoms with E-state index in [1.807, 2.05) is 13.0 Å². The zero-order valence-electron chi connectivity index (χ0n) is 16.7. The Hall–Kier alpha value is -2.39. The van der Waals surface area contributed by atoms with Crippen molar-refractivity contribution in [1.29, 1.82) is 0 Å². The molecule has 164 valence electrons. The van der Waals surface area contributed by atoms with Crippen molar-refractivity contribution in [3.05, 3.63) is 63.3 Å². The van der Waals surface area contributed by atoms with E-state index in [2.05, 4.69) is 5.32 Å². The number of aliphatic carboxylic acids is 1. The minimum Gasteiger partial charge on any atom is -0.481 e. The standard InChI is InChI=1S/C21H20Cl2N2O5S/c1-11-7-16-14(20(23)19(11)22)8-17(25(16)2)21(29)24-15(9-26)12-3-5-13(6-4-12)31(30)10-18(27)28/h3-8,15,26H,9-10H2,1-2H3,(H,24,29)(H,27,28)/t15-,31+/m1/s1. The minimum atomic E-state index is -1.67. The summed E-state index contributed by atoms with van der Waals surface area (Å²) in [6.45, 7) is 1.47. The molecule has 0 radical (unpaired) electrons. The monoisotopic (exact) mass is 482 g/mol. The van der Waals surface area contributed by atoms with Gasteiger partial charge in [-0.15, -0.1) is 0 Å². The van der Waals surface area contributed by atoms with Crippen molar-refractivity contribution >= 4 is 56.8 Å². The summed E-state index contributed by atoms with van der Waals surface area (Å²) in [6, 6.07) is 9.00. The molecule has 3 rings (SSSR count). The summed E-state index contributed by atoms with van der Waals surface area (Å²) in [4.78, 5) is 24.0. The Bertz CT molecular complexity index is 1190. The number of carbonyl (C=O) groups is 2. The van der Waals surface area contributed by atoms with Crippen LogP contribution in [0.15, 0.2) is 41.3 Å². The van der Waals surface area contributed by atoms with Crippen LogP contribution in [0.25, 0.3) is 10.9 Å². The first-order valence-electron chi connectivity index (χ1n) is 9.20.